The van der Waals surface area contributed by atoms with Crippen LogP contribution in [0.2, 0.25) is 0 Å². The Kier molecular flexibility index (Phi) is 3.41. The minimum Gasteiger partial charge on any atom is -0.339 e. The summed E-state index contributed by atoms with van der Waals surface area (Å²) in [5.74, 6) is 1.20. The Morgan fingerprint density at radius 2 is 2.31 bits per heavy atom. The second kappa shape index (κ2) is 4.58. The van der Waals surface area contributed by atoms with E-state index in [9.17, 15) is 0 Å². The van der Waals surface area contributed by atoms with Gasteiger partial charge in [-0.3, -0.25) is 0 Å². The van der Waals surface area contributed by atoms with Gasteiger partial charge in [0, 0.05) is 12.8 Å². The summed E-state index contributed by atoms with van der Waals surface area (Å²) in [6, 6.07) is 2.03. The summed E-state index contributed by atoms with van der Waals surface area (Å²) in [7, 11) is 3.87. The molecule has 0 aliphatic heterocycles. The van der Waals surface area contributed by atoms with Gasteiger partial charge in [0.1, 0.15) is 0 Å². The maximum atomic E-state index is 8.33. The Balaban J connectivity index is 2.49. The van der Waals surface area contributed by atoms with Crippen molar-refractivity contribution in [1.29, 1.82) is 5.26 Å². The highest BCUT2D eigenvalue weighted by Crippen LogP contribution is 2.01. The second-order valence-corrected chi connectivity index (χ2v) is 3.00. The maximum absolute atomic E-state index is 8.33. The molecule has 0 amide bonds. The van der Waals surface area contributed by atoms with Gasteiger partial charge in [0.05, 0.1) is 12.6 Å². The molecule has 1 heterocycles. The molecule has 0 fully saturated rings. The number of rotatable bonds is 4. The molecule has 1 rings (SSSR count). The fourth-order valence-corrected chi connectivity index (χ4v) is 0.902. The van der Waals surface area contributed by atoms with Crippen LogP contribution >= 0.6 is 0 Å². The molecule has 5 nitrogen and oxygen atoms in total. The molecule has 5 heteroatoms. The minimum atomic E-state index is 0.420. The normalized spacial score (nSPS) is 10.3. The van der Waals surface area contributed by atoms with Crippen LogP contribution < -0.4 is 0 Å². The SMILES string of the molecule is CN(C)Cc1noc(CCC#N)n1. The fraction of sp³-hybridized carbons (Fsp3) is 0.625. The average Bonchev–Trinajstić information content (AvgIpc) is 2.48. The van der Waals surface area contributed by atoms with Crippen molar-refractivity contribution in [2.24, 2.45) is 0 Å². The van der Waals surface area contributed by atoms with E-state index in [4.69, 9.17) is 9.78 Å². The zero-order chi connectivity index (χ0) is 9.68. The third-order valence-corrected chi connectivity index (χ3v) is 1.42. The van der Waals surface area contributed by atoms with Crippen LogP contribution in [0.4, 0.5) is 0 Å². The van der Waals surface area contributed by atoms with Crippen LogP contribution in [0.5, 0.6) is 0 Å². The van der Waals surface area contributed by atoms with E-state index in [0.717, 1.165) is 0 Å². The van der Waals surface area contributed by atoms with Crippen LogP contribution in [0.1, 0.15) is 18.1 Å². The van der Waals surface area contributed by atoms with Crippen molar-refractivity contribution in [3.63, 3.8) is 0 Å². The minimum absolute atomic E-state index is 0.420. The average molecular weight is 180 g/mol. The predicted molar refractivity (Wildman–Crippen MR) is 45.6 cm³/mol. The molecule has 1 aromatic heterocycles. The number of aryl methyl sites for hydroxylation is 1. The number of hydrogen-bond acceptors (Lipinski definition) is 5. The first-order valence-corrected chi connectivity index (χ1v) is 4.05. The number of hydrogen-bond donors (Lipinski definition) is 0. The predicted octanol–water partition coefficient (Wildman–Crippen LogP) is 0.587. The molecule has 0 aromatic carbocycles. The quantitative estimate of drug-likeness (QED) is 0.678. The number of nitrogens with zero attached hydrogens (tertiary/aromatic N) is 4. The second-order valence-electron chi connectivity index (χ2n) is 3.00. The van der Waals surface area contributed by atoms with Crippen molar-refractivity contribution in [2.75, 3.05) is 14.1 Å². The van der Waals surface area contributed by atoms with Gasteiger partial charge < -0.3 is 9.42 Å². The van der Waals surface area contributed by atoms with Gasteiger partial charge in [-0.15, -0.1) is 0 Å². The van der Waals surface area contributed by atoms with Crippen molar-refractivity contribution in [1.82, 2.24) is 15.0 Å². The van der Waals surface area contributed by atoms with Gasteiger partial charge in [0.15, 0.2) is 5.82 Å². The monoisotopic (exact) mass is 180 g/mol. The Bertz CT molecular complexity index is 299. The molecule has 0 bridgehead atoms. The van der Waals surface area contributed by atoms with E-state index in [0.29, 0.717) is 31.1 Å². The van der Waals surface area contributed by atoms with Crippen molar-refractivity contribution in [3.8, 4) is 6.07 Å². The molecule has 13 heavy (non-hydrogen) atoms. The molecule has 1 aromatic rings. The van der Waals surface area contributed by atoms with Crippen LogP contribution in [0.25, 0.3) is 0 Å². The van der Waals surface area contributed by atoms with Gasteiger partial charge in [-0.25, -0.2) is 0 Å². The summed E-state index contributed by atoms with van der Waals surface area (Å²) in [6.07, 6.45) is 0.959. The summed E-state index contributed by atoms with van der Waals surface area (Å²) in [5.41, 5.74) is 0. The first-order valence-electron chi connectivity index (χ1n) is 4.05. The molecular weight excluding hydrogens is 168 g/mol. The number of aromatic nitrogens is 2. The van der Waals surface area contributed by atoms with Crippen LogP contribution in [0.3, 0.4) is 0 Å². The zero-order valence-electron chi connectivity index (χ0n) is 7.82. The summed E-state index contributed by atoms with van der Waals surface area (Å²) < 4.78 is 4.93. The molecular formula is C8H12N4O. The summed E-state index contributed by atoms with van der Waals surface area (Å²) in [6.45, 7) is 0.663. The van der Waals surface area contributed by atoms with Crippen LogP contribution in [0, 0.1) is 11.3 Å². The van der Waals surface area contributed by atoms with Gasteiger partial charge in [-0.2, -0.15) is 10.2 Å². The molecule has 0 atom stereocenters. The molecule has 0 unspecified atom stereocenters. The molecule has 0 aliphatic carbocycles. The lowest BCUT2D eigenvalue weighted by Crippen LogP contribution is -2.11. The largest absolute Gasteiger partial charge is 0.339 e. The topological polar surface area (TPSA) is 66.0 Å². The van der Waals surface area contributed by atoms with E-state index in [1.165, 1.54) is 0 Å². The van der Waals surface area contributed by atoms with E-state index >= 15 is 0 Å². The number of nitriles is 1. The van der Waals surface area contributed by atoms with Crippen molar-refractivity contribution >= 4 is 0 Å². The maximum Gasteiger partial charge on any atom is 0.227 e. The van der Waals surface area contributed by atoms with Crippen molar-refractivity contribution in [2.45, 2.75) is 19.4 Å². The first-order chi connectivity index (χ1) is 6.22. The Labute approximate surface area is 77.0 Å². The first kappa shape index (κ1) is 9.68. The smallest absolute Gasteiger partial charge is 0.227 e. The summed E-state index contributed by atoms with van der Waals surface area (Å²) in [4.78, 5) is 6.07. The van der Waals surface area contributed by atoms with Crippen molar-refractivity contribution < 1.29 is 4.52 Å². The highest BCUT2D eigenvalue weighted by Gasteiger charge is 2.05. The third kappa shape index (κ3) is 3.22. The van der Waals surface area contributed by atoms with Gasteiger partial charge in [0.2, 0.25) is 5.89 Å². The summed E-state index contributed by atoms with van der Waals surface area (Å²) in [5, 5.41) is 12.1. The van der Waals surface area contributed by atoms with E-state index < -0.39 is 0 Å². The van der Waals surface area contributed by atoms with Crippen molar-refractivity contribution in [3.05, 3.63) is 11.7 Å². The molecule has 0 saturated carbocycles. The lowest BCUT2D eigenvalue weighted by atomic mass is 10.3. The van der Waals surface area contributed by atoms with E-state index in [2.05, 4.69) is 10.1 Å². The molecule has 70 valence electrons. The van der Waals surface area contributed by atoms with Gasteiger partial charge >= 0.3 is 0 Å². The Hall–Kier alpha value is -1.41. The van der Waals surface area contributed by atoms with E-state index in [-0.39, 0.29) is 0 Å². The zero-order valence-corrected chi connectivity index (χ0v) is 7.82. The fourth-order valence-electron chi connectivity index (χ4n) is 0.902. The lowest BCUT2D eigenvalue weighted by Gasteiger charge is -2.03. The van der Waals surface area contributed by atoms with Gasteiger partial charge in [-0.1, -0.05) is 5.16 Å². The van der Waals surface area contributed by atoms with Crippen LogP contribution in [0.15, 0.2) is 4.52 Å². The van der Waals surface area contributed by atoms with Crippen LogP contribution in [-0.2, 0) is 13.0 Å². The Morgan fingerprint density at radius 1 is 1.54 bits per heavy atom. The highest BCUT2D eigenvalue weighted by molar-refractivity contribution is 4.88. The van der Waals surface area contributed by atoms with Gasteiger partial charge in [-0.05, 0) is 14.1 Å². The standard InChI is InChI=1S/C8H12N4O/c1-12(2)6-7-10-8(13-11-7)4-3-5-9/h3-4,6H2,1-2H3. The molecule has 0 spiro atoms. The molecule has 0 aliphatic rings. The van der Waals surface area contributed by atoms with E-state index in [1.54, 1.807) is 0 Å². The molecule has 0 N–H and O–H groups in total. The summed E-state index contributed by atoms with van der Waals surface area (Å²) >= 11 is 0. The Morgan fingerprint density at radius 3 is 2.92 bits per heavy atom. The third-order valence-electron chi connectivity index (χ3n) is 1.42. The molecule has 0 radical (unpaired) electrons. The molecule has 0 saturated heterocycles. The lowest BCUT2D eigenvalue weighted by molar-refractivity contribution is 0.349. The van der Waals surface area contributed by atoms with Gasteiger partial charge in [0.25, 0.3) is 0 Å². The van der Waals surface area contributed by atoms with E-state index in [1.807, 2.05) is 25.1 Å². The highest BCUT2D eigenvalue weighted by atomic mass is 16.5. The van der Waals surface area contributed by atoms with Crippen LogP contribution in [-0.4, -0.2) is 29.1 Å².